The van der Waals surface area contributed by atoms with E-state index in [1.54, 1.807) is 13.2 Å². The zero-order valence-corrected chi connectivity index (χ0v) is 13.2. The Morgan fingerprint density at radius 1 is 1.21 bits per heavy atom. The summed E-state index contributed by atoms with van der Waals surface area (Å²) in [5, 5.41) is 13.4. The first-order valence-electron chi connectivity index (χ1n) is 7.36. The molecule has 0 fully saturated rings. The van der Waals surface area contributed by atoms with Crippen LogP contribution in [-0.4, -0.2) is 31.1 Å². The maximum atomic E-state index is 11.8. The molecule has 0 aromatic heterocycles. The predicted octanol–water partition coefficient (Wildman–Crippen LogP) is 2.34. The second-order valence-electron chi connectivity index (χ2n) is 4.95. The fourth-order valence-electron chi connectivity index (χ4n) is 2.13. The molecule has 126 valence electrons. The number of ether oxygens (including phenoxy) is 2. The number of benzene rings is 2. The Labute approximate surface area is 139 Å². The summed E-state index contributed by atoms with van der Waals surface area (Å²) < 4.78 is 10.5. The van der Waals surface area contributed by atoms with Gasteiger partial charge in [-0.05, 0) is 24.1 Å². The lowest BCUT2D eigenvalue weighted by Gasteiger charge is -2.09. The number of nitrogens with zero attached hydrogens (tertiary/aromatic N) is 1. The molecule has 0 spiro atoms. The monoisotopic (exact) mass is 330 g/mol. The van der Waals surface area contributed by atoms with Crippen LogP contribution in [-0.2, 0) is 11.2 Å². The largest absolute Gasteiger partial charge is 0.496 e. The van der Waals surface area contributed by atoms with E-state index in [1.165, 1.54) is 18.2 Å². The fourth-order valence-corrected chi connectivity index (χ4v) is 2.13. The van der Waals surface area contributed by atoms with Gasteiger partial charge < -0.3 is 14.8 Å². The summed E-state index contributed by atoms with van der Waals surface area (Å²) in [4.78, 5) is 21.9. The van der Waals surface area contributed by atoms with Crippen LogP contribution in [0.25, 0.3) is 0 Å². The number of non-ortho nitro benzene ring substituents is 1. The number of hydrogen-bond acceptors (Lipinski definition) is 5. The Balaban J connectivity index is 1.77. The highest BCUT2D eigenvalue weighted by Crippen LogP contribution is 2.19. The van der Waals surface area contributed by atoms with Gasteiger partial charge in [0.25, 0.3) is 11.6 Å². The highest BCUT2D eigenvalue weighted by Gasteiger charge is 2.08. The van der Waals surface area contributed by atoms with Gasteiger partial charge in [0.2, 0.25) is 0 Å². The molecule has 0 saturated carbocycles. The number of carbonyl (C=O) groups excluding carboxylic acids is 1. The van der Waals surface area contributed by atoms with Crippen molar-refractivity contribution in [2.45, 2.75) is 6.42 Å². The molecular weight excluding hydrogens is 312 g/mol. The molecule has 0 aliphatic carbocycles. The number of nitrogens with one attached hydrogen (secondary N) is 1. The van der Waals surface area contributed by atoms with Crippen LogP contribution < -0.4 is 14.8 Å². The van der Waals surface area contributed by atoms with Gasteiger partial charge >= 0.3 is 0 Å². The fraction of sp³-hybridized carbons (Fsp3) is 0.235. The topological polar surface area (TPSA) is 90.7 Å². The molecule has 0 radical (unpaired) electrons. The summed E-state index contributed by atoms with van der Waals surface area (Å²) in [5.41, 5.74) is 0.920. The summed E-state index contributed by atoms with van der Waals surface area (Å²) in [7, 11) is 1.60. The number of rotatable bonds is 8. The van der Waals surface area contributed by atoms with E-state index < -0.39 is 4.92 Å². The van der Waals surface area contributed by atoms with Crippen LogP contribution in [0.4, 0.5) is 5.69 Å². The normalized spacial score (nSPS) is 10.0. The molecule has 0 heterocycles. The molecule has 0 aliphatic rings. The summed E-state index contributed by atoms with van der Waals surface area (Å²) in [6.45, 7) is 0.241. The molecular formula is C17H18N2O5. The van der Waals surface area contributed by atoms with Gasteiger partial charge in [-0.25, -0.2) is 0 Å². The standard InChI is InChI=1S/C17H18N2O5/c1-23-16-8-3-2-5-13(16)9-10-18-17(20)12-24-15-7-4-6-14(11-15)19(21)22/h2-8,11H,9-10,12H2,1H3,(H,18,20). The molecule has 0 unspecified atom stereocenters. The first kappa shape index (κ1) is 17.3. The maximum Gasteiger partial charge on any atom is 0.273 e. The van der Waals surface area contributed by atoms with E-state index in [2.05, 4.69) is 5.32 Å². The van der Waals surface area contributed by atoms with Gasteiger partial charge in [-0.2, -0.15) is 0 Å². The van der Waals surface area contributed by atoms with Crippen molar-refractivity contribution in [3.05, 3.63) is 64.2 Å². The third-order valence-electron chi connectivity index (χ3n) is 3.31. The first-order chi connectivity index (χ1) is 11.6. The summed E-state index contributed by atoms with van der Waals surface area (Å²) >= 11 is 0. The Morgan fingerprint density at radius 2 is 2.00 bits per heavy atom. The van der Waals surface area contributed by atoms with E-state index >= 15 is 0 Å². The SMILES string of the molecule is COc1ccccc1CCNC(=O)COc1cccc([N+](=O)[O-])c1. The highest BCUT2D eigenvalue weighted by atomic mass is 16.6. The molecule has 0 aliphatic heterocycles. The minimum absolute atomic E-state index is 0.0796. The highest BCUT2D eigenvalue weighted by molar-refractivity contribution is 5.77. The molecule has 0 atom stereocenters. The molecule has 7 nitrogen and oxygen atoms in total. The predicted molar refractivity (Wildman–Crippen MR) is 88.3 cm³/mol. The van der Waals surface area contributed by atoms with Crippen LogP contribution in [0.1, 0.15) is 5.56 Å². The smallest absolute Gasteiger partial charge is 0.273 e. The van der Waals surface area contributed by atoms with E-state index in [0.717, 1.165) is 11.3 Å². The van der Waals surface area contributed by atoms with Crippen molar-refractivity contribution in [1.82, 2.24) is 5.32 Å². The summed E-state index contributed by atoms with van der Waals surface area (Å²) in [6.07, 6.45) is 0.632. The maximum absolute atomic E-state index is 11.8. The van der Waals surface area contributed by atoms with Crippen molar-refractivity contribution in [2.75, 3.05) is 20.3 Å². The van der Waals surface area contributed by atoms with Gasteiger partial charge in [0.1, 0.15) is 11.5 Å². The average molecular weight is 330 g/mol. The third-order valence-corrected chi connectivity index (χ3v) is 3.31. The van der Waals surface area contributed by atoms with Gasteiger partial charge in [0.15, 0.2) is 6.61 Å². The van der Waals surface area contributed by atoms with Crippen molar-refractivity contribution in [3.8, 4) is 11.5 Å². The minimum atomic E-state index is -0.514. The number of nitro groups is 1. The van der Waals surface area contributed by atoms with Crippen molar-refractivity contribution < 1.29 is 19.2 Å². The van der Waals surface area contributed by atoms with Gasteiger partial charge in [-0.3, -0.25) is 14.9 Å². The van der Waals surface area contributed by atoms with Crippen LogP contribution in [0, 0.1) is 10.1 Å². The number of amides is 1. The summed E-state index contributed by atoms with van der Waals surface area (Å²) in [6, 6.07) is 13.3. The van der Waals surface area contributed by atoms with Crippen LogP contribution in [0.2, 0.25) is 0 Å². The van der Waals surface area contributed by atoms with E-state index in [4.69, 9.17) is 9.47 Å². The van der Waals surface area contributed by atoms with Crippen LogP contribution in [0.5, 0.6) is 11.5 Å². The number of methoxy groups -OCH3 is 1. The number of para-hydroxylation sites is 1. The van der Waals surface area contributed by atoms with Crippen molar-refractivity contribution in [1.29, 1.82) is 0 Å². The molecule has 2 aromatic rings. The van der Waals surface area contributed by atoms with Gasteiger partial charge in [0.05, 0.1) is 18.1 Å². The van der Waals surface area contributed by atoms with Gasteiger partial charge in [-0.1, -0.05) is 24.3 Å². The number of hydrogen-bond donors (Lipinski definition) is 1. The Hall–Kier alpha value is -3.09. The zero-order chi connectivity index (χ0) is 17.4. The Bertz CT molecular complexity index is 718. The molecule has 24 heavy (non-hydrogen) atoms. The third kappa shape index (κ3) is 4.98. The second-order valence-corrected chi connectivity index (χ2v) is 4.95. The lowest BCUT2D eigenvalue weighted by atomic mass is 10.1. The van der Waals surface area contributed by atoms with Crippen LogP contribution >= 0.6 is 0 Å². The van der Waals surface area contributed by atoms with E-state index in [1.807, 2.05) is 24.3 Å². The average Bonchev–Trinajstić information content (AvgIpc) is 2.60. The van der Waals surface area contributed by atoms with Gasteiger partial charge in [-0.15, -0.1) is 0 Å². The lowest BCUT2D eigenvalue weighted by Crippen LogP contribution is -2.30. The minimum Gasteiger partial charge on any atom is -0.496 e. The van der Waals surface area contributed by atoms with Gasteiger partial charge in [0, 0.05) is 12.6 Å². The van der Waals surface area contributed by atoms with E-state index in [9.17, 15) is 14.9 Å². The molecule has 0 saturated heterocycles. The van der Waals surface area contributed by atoms with Crippen LogP contribution in [0.15, 0.2) is 48.5 Å². The Morgan fingerprint density at radius 3 is 2.75 bits per heavy atom. The molecule has 7 heteroatoms. The molecule has 0 bridgehead atoms. The summed E-state index contributed by atoms with van der Waals surface area (Å²) in [5.74, 6) is 0.764. The zero-order valence-electron chi connectivity index (χ0n) is 13.2. The second kappa shape index (κ2) is 8.52. The Kier molecular flexibility index (Phi) is 6.13. The van der Waals surface area contributed by atoms with Crippen molar-refractivity contribution in [2.24, 2.45) is 0 Å². The van der Waals surface area contributed by atoms with Crippen molar-refractivity contribution >= 4 is 11.6 Å². The quantitative estimate of drug-likeness (QED) is 0.592. The van der Waals surface area contributed by atoms with Crippen molar-refractivity contribution in [3.63, 3.8) is 0 Å². The van der Waals surface area contributed by atoms with Crippen LogP contribution in [0.3, 0.4) is 0 Å². The lowest BCUT2D eigenvalue weighted by molar-refractivity contribution is -0.384. The van der Waals surface area contributed by atoms with E-state index in [-0.39, 0.29) is 24.0 Å². The number of carbonyl (C=O) groups is 1. The molecule has 2 aromatic carbocycles. The first-order valence-corrected chi connectivity index (χ1v) is 7.36. The molecule has 1 N–H and O–H groups in total. The number of nitro benzene ring substituents is 1. The molecule has 1 amide bonds. The van der Waals surface area contributed by atoms with E-state index in [0.29, 0.717) is 13.0 Å². The molecule has 2 rings (SSSR count).